The summed E-state index contributed by atoms with van der Waals surface area (Å²) in [5, 5.41) is 13.6. The third-order valence-electron chi connectivity index (χ3n) is 5.50. The SMILES string of the molecule is Cc1nc(-c2ccc(C(=O)O)cc2)nn1CCCC1CCN(C(=O)OC(C)(C)C)CC1. The average Bonchev–Trinajstić information content (AvgIpc) is 3.08. The Hall–Kier alpha value is -2.90. The maximum atomic E-state index is 12.2. The van der Waals surface area contributed by atoms with Crippen LogP contribution in [-0.2, 0) is 11.3 Å². The molecule has 0 atom stereocenters. The quantitative estimate of drug-likeness (QED) is 0.733. The van der Waals surface area contributed by atoms with Crippen molar-refractivity contribution in [2.75, 3.05) is 13.1 Å². The Morgan fingerprint density at radius 1 is 1.16 bits per heavy atom. The molecule has 1 aliphatic rings. The number of amides is 1. The zero-order valence-corrected chi connectivity index (χ0v) is 18.8. The van der Waals surface area contributed by atoms with Gasteiger partial charge in [-0.3, -0.25) is 0 Å². The van der Waals surface area contributed by atoms with Gasteiger partial charge in [0.1, 0.15) is 11.4 Å². The van der Waals surface area contributed by atoms with E-state index in [1.54, 1.807) is 24.3 Å². The molecule has 1 saturated heterocycles. The van der Waals surface area contributed by atoms with E-state index in [0.29, 0.717) is 11.7 Å². The van der Waals surface area contributed by atoms with Crippen LogP contribution in [0, 0.1) is 12.8 Å². The summed E-state index contributed by atoms with van der Waals surface area (Å²) in [6.07, 6.45) is 3.86. The fraction of sp³-hybridized carbons (Fsp3) is 0.565. The molecule has 31 heavy (non-hydrogen) atoms. The van der Waals surface area contributed by atoms with Crippen molar-refractivity contribution in [3.63, 3.8) is 0 Å². The summed E-state index contributed by atoms with van der Waals surface area (Å²) >= 11 is 0. The van der Waals surface area contributed by atoms with Gasteiger partial charge in [-0.15, -0.1) is 0 Å². The molecule has 1 fully saturated rings. The summed E-state index contributed by atoms with van der Waals surface area (Å²) in [6.45, 7) is 9.89. The minimum absolute atomic E-state index is 0.215. The van der Waals surface area contributed by atoms with E-state index in [9.17, 15) is 9.59 Å². The van der Waals surface area contributed by atoms with Crippen molar-refractivity contribution in [1.82, 2.24) is 19.7 Å². The molecule has 8 nitrogen and oxygen atoms in total. The number of rotatable bonds is 6. The number of carbonyl (C=O) groups is 2. The lowest BCUT2D eigenvalue weighted by Gasteiger charge is -2.33. The van der Waals surface area contributed by atoms with Crippen molar-refractivity contribution in [3.8, 4) is 11.4 Å². The van der Waals surface area contributed by atoms with Crippen LogP contribution < -0.4 is 0 Å². The number of aryl methyl sites for hydroxylation is 2. The molecule has 8 heteroatoms. The van der Waals surface area contributed by atoms with Crippen LogP contribution >= 0.6 is 0 Å². The Balaban J connectivity index is 1.46. The summed E-state index contributed by atoms with van der Waals surface area (Å²) in [7, 11) is 0. The monoisotopic (exact) mass is 428 g/mol. The number of aromatic carboxylic acids is 1. The molecule has 168 valence electrons. The second kappa shape index (κ2) is 9.49. The maximum Gasteiger partial charge on any atom is 0.410 e. The minimum Gasteiger partial charge on any atom is -0.478 e. The fourth-order valence-corrected chi connectivity index (χ4v) is 3.78. The van der Waals surface area contributed by atoms with Crippen LogP contribution in [-0.4, -0.2) is 55.5 Å². The Bertz CT molecular complexity index is 907. The molecule has 3 rings (SSSR count). The summed E-state index contributed by atoms with van der Waals surface area (Å²) in [5.41, 5.74) is 0.597. The van der Waals surface area contributed by atoms with Crippen molar-refractivity contribution in [2.24, 2.45) is 5.92 Å². The van der Waals surface area contributed by atoms with Gasteiger partial charge in [-0.05, 0) is 71.4 Å². The lowest BCUT2D eigenvalue weighted by atomic mass is 9.92. The first-order chi connectivity index (χ1) is 14.6. The molecule has 2 heterocycles. The van der Waals surface area contributed by atoms with Crippen LogP contribution in [0.5, 0.6) is 0 Å². The molecule has 0 aliphatic carbocycles. The first kappa shape index (κ1) is 22.8. The summed E-state index contributed by atoms with van der Waals surface area (Å²) in [4.78, 5) is 29.5. The van der Waals surface area contributed by atoms with Gasteiger partial charge in [-0.25, -0.2) is 19.3 Å². The highest BCUT2D eigenvalue weighted by Gasteiger charge is 2.26. The van der Waals surface area contributed by atoms with Gasteiger partial charge in [0.05, 0.1) is 5.56 Å². The van der Waals surface area contributed by atoms with E-state index in [0.717, 1.165) is 56.7 Å². The van der Waals surface area contributed by atoms with Crippen LogP contribution in [0.3, 0.4) is 0 Å². The van der Waals surface area contributed by atoms with Crippen molar-refractivity contribution < 1.29 is 19.4 Å². The molecule has 2 aromatic rings. The number of benzene rings is 1. The lowest BCUT2D eigenvalue weighted by Crippen LogP contribution is -2.41. The zero-order valence-electron chi connectivity index (χ0n) is 18.8. The van der Waals surface area contributed by atoms with E-state index in [1.165, 1.54) is 0 Å². The molecule has 1 aromatic heterocycles. The molecule has 0 bridgehead atoms. The lowest BCUT2D eigenvalue weighted by molar-refractivity contribution is 0.0180. The normalized spacial score (nSPS) is 15.2. The number of carboxylic acids is 1. The smallest absolute Gasteiger partial charge is 0.410 e. The second-order valence-corrected chi connectivity index (χ2v) is 9.14. The van der Waals surface area contributed by atoms with Crippen molar-refractivity contribution in [2.45, 2.75) is 65.5 Å². The van der Waals surface area contributed by atoms with Crippen molar-refractivity contribution in [3.05, 3.63) is 35.7 Å². The van der Waals surface area contributed by atoms with Crippen molar-refractivity contribution >= 4 is 12.1 Å². The van der Waals surface area contributed by atoms with Gasteiger partial charge in [0.15, 0.2) is 5.82 Å². The Morgan fingerprint density at radius 3 is 2.39 bits per heavy atom. The topological polar surface area (TPSA) is 97.5 Å². The van der Waals surface area contributed by atoms with Crippen LogP contribution in [0.1, 0.15) is 62.6 Å². The predicted octanol–water partition coefficient (Wildman–Crippen LogP) is 4.38. The Kier molecular flexibility index (Phi) is 6.97. The zero-order chi connectivity index (χ0) is 22.6. The van der Waals surface area contributed by atoms with Gasteiger partial charge >= 0.3 is 12.1 Å². The molecular formula is C23H32N4O4. The molecule has 0 radical (unpaired) electrons. The van der Waals surface area contributed by atoms with E-state index in [4.69, 9.17) is 9.84 Å². The van der Waals surface area contributed by atoms with Crippen LogP contribution in [0.15, 0.2) is 24.3 Å². The minimum atomic E-state index is -0.946. The van der Waals surface area contributed by atoms with Crippen molar-refractivity contribution in [1.29, 1.82) is 0 Å². The second-order valence-electron chi connectivity index (χ2n) is 9.14. The van der Waals surface area contributed by atoms with E-state index in [2.05, 4.69) is 10.1 Å². The highest BCUT2D eigenvalue weighted by atomic mass is 16.6. The van der Waals surface area contributed by atoms with E-state index in [-0.39, 0.29) is 11.7 Å². The van der Waals surface area contributed by atoms with Crippen LogP contribution in [0.4, 0.5) is 4.79 Å². The van der Waals surface area contributed by atoms with E-state index < -0.39 is 11.6 Å². The molecule has 0 spiro atoms. The Morgan fingerprint density at radius 2 is 1.81 bits per heavy atom. The first-order valence-corrected chi connectivity index (χ1v) is 10.9. The van der Waals surface area contributed by atoms with Crippen LogP contribution in [0.25, 0.3) is 11.4 Å². The number of piperidine rings is 1. The largest absolute Gasteiger partial charge is 0.478 e. The highest BCUT2D eigenvalue weighted by Crippen LogP contribution is 2.24. The molecular weight excluding hydrogens is 396 g/mol. The van der Waals surface area contributed by atoms with E-state index >= 15 is 0 Å². The molecule has 1 aromatic carbocycles. The molecule has 1 aliphatic heterocycles. The number of likely N-dealkylation sites (tertiary alicyclic amines) is 1. The van der Waals surface area contributed by atoms with Gasteiger partial charge in [0.2, 0.25) is 0 Å². The number of carboxylic acid groups (broad SMARTS) is 1. The van der Waals surface area contributed by atoms with Gasteiger partial charge < -0.3 is 14.7 Å². The van der Waals surface area contributed by atoms with Gasteiger partial charge in [0.25, 0.3) is 0 Å². The number of nitrogens with zero attached hydrogens (tertiary/aromatic N) is 4. The van der Waals surface area contributed by atoms with Gasteiger partial charge in [-0.1, -0.05) is 12.1 Å². The summed E-state index contributed by atoms with van der Waals surface area (Å²) < 4.78 is 7.37. The fourth-order valence-electron chi connectivity index (χ4n) is 3.78. The average molecular weight is 429 g/mol. The van der Waals surface area contributed by atoms with E-state index in [1.807, 2.05) is 37.3 Å². The third kappa shape index (κ3) is 6.29. The highest BCUT2D eigenvalue weighted by molar-refractivity contribution is 5.88. The Labute approximate surface area is 183 Å². The molecule has 1 amide bonds. The number of carbonyl (C=O) groups excluding carboxylic acids is 1. The number of hydrogen-bond acceptors (Lipinski definition) is 5. The number of aromatic nitrogens is 3. The molecule has 0 saturated carbocycles. The predicted molar refractivity (Wildman–Crippen MR) is 117 cm³/mol. The molecule has 1 N–H and O–H groups in total. The van der Waals surface area contributed by atoms with Gasteiger partial charge in [0, 0.05) is 25.2 Å². The summed E-state index contributed by atoms with van der Waals surface area (Å²) in [5.74, 6) is 1.11. The van der Waals surface area contributed by atoms with Crippen LogP contribution in [0.2, 0.25) is 0 Å². The number of hydrogen-bond donors (Lipinski definition) is 1. The number of ether oxygens (including phenoxy) is 1. The standard InChI is InChI=1S/C23H32N4O4/c1-16-24-20(18-7-9-19(10-8-18)21(28)29)25-27(16)13-5-6-17-11-14-26(15-12-17)22(30)31-23(2,3)4/h7-10,17H,5-6,11-15H2,1-4H3,(H,28,29). The maximum absolute atomic E-state index is 12.2. The first-order valence-electron chi connectivity index (χ1n) is 10.9. The molecule has 0 unspecified atom stereocenters. The summed E-state index contributed by atoms with van der Waals surface area (Å²) in [6, 6.07) is 6.61. The third-order valence-corrected chi connectivity index (χ3v) is 5.50. The van der Waals surface area contributed by atoms with Gasteiger partial charge in [-0.2, -0.15) is 5.10 Å².